The zero-order valence-corrected chi connectivity index (χ0v) is 15.1. The van der Waals surface area contributed by atoms with Crippen LogP contribution >= 0.6 is 11.6 Å². The van der Waals surface area contributed by atoms with E-state index < -0.39 is 15.3 Å². The third kappa shape index (κ3) is 3.20. The van der Waals surface area contributed by atoms with Crippen LogP contribution < -0.4 is 5.43 Å². The largest absolute Gasteiger partial charge is 0.304 e. The van der Waals surface area contributed by atoms with Crippen molar-refractivity contribution in [2.24, 2.45) is 0 Å². The lowest BCUT2D eigenvalue weighted by molar-refractivity contribution is 0.415. The van der Waals surface area contributed by atoms with E-state index in [1.165, 1.54) is 4.41 Å². The Labute approximate surface area is 147 Å². The summed E-state index contributed by atoms with van der Waals surface area (Å²) in [6.45, 7) is 3.65. The van der Waals surface area contributed by atoms with Crippen LogP contribution in [0.15, 0.2) is 54.6 Å². The number of rotatable bonds is 4. The van der Waals surface area contributed by atoms with Crippen molar-refractivity contribution in [2.45, 2.75) is 19.1 Å². The third-order valence-corrected chi connectivity index (χ3v) is 6.28. The molecule has 0 atom stereocenters. The summed E-state index contributed by atoms with van der Waals surface area (Å²) in [6, 6.07) is 17.2. The maximum Gasteiger partial charge on any atom is 0.233 e. The highest BCUT2D eigenvalue weighted by atomic mass is 35.5. The summed E-state index contributed by atoms with van der Waals surface area (Å²) in [5.74, 6) is 0. The first kappa shape index (κ1) is 17.0. The Bertz CT molecular complexity index is 860. The Morgan fingerprint density at radius 1 is 1.00 bits per heavy atom. The molecule has 1 heterocycles. The van der Waals surface area contributed by atoms with E-state index in [2.05, 4.69) is 5.43 Å². The van der Waals surface area contributed by atoms with E-state index in [0.717, 1.165) is 22.4 Å². The van der Waals surface area contributed by atoms with Gasteiger partial charge < -0.3 is 5.43 Å². The summed E-state index contributed by atoms with van der Waals surface area (Å²) >= 11 is 5.97. The molecule has 0 saturated heterocycles. The van der Waals surface area contributed by atoms with Gasteiger partial charge in [0.05, 0.1) is 17.5 Å². The van der Waals surface area contributed by atoms with Gasteiger partial charge in [-0.15, -0.1) is 4.41 Å². The summed E-state index contributed by atoms with van der Waals surface area (Å²) in [6.07, 6.45) is 0. The smallest absolute Gasteiger partial charge is 0.233 e. The molecule has 1 N–H and O–H groups in total. The second kappa shape index (κ2) is 6.59. The van der Waals surface area contributed by atoms with Gasteiger partial charge >= 0.3 is 0 Å². The highest BCUT2D eigenvalue weighted by Crippen LogP contribution is 2.32. The Morgan fingerprint density at radius 2 is 1.62 bits per heavy atom. The number of halogens is 1. The van der Waals surface area contributed by atoms with Crippen LogP contribution in [0, 0.1) is 0 Å². The van der Waals surface area contributed by atoms with E-state index in [9.17, 15) is 8.42 Å². The highest BCUT2D eigenvalue weighted by Gasteiger charge is 2.33. The molecule has 0 aliphatic carbocycles. The predicted molar refractivity (Wildman–Crippen MR) is 98.6 cm³/mol. The fourth-order valence-corrected chi connectivity index (χ4v) is 3.76. The molecule has 2 aromatic rings. The number of nitrogens with zero attached hydrogens (tertiary/aromatic N) is 1. The maximum atomic E-state index is 12.6. The van der Waals surface area contributed by atoms with Gasteiger partial charge in [-0.2, -0.15) is 0 Å². The van der Waals surface area contributed by atoms with Crippen LogP contribution in [0.25, 0.3) is 11.3 Å². The van der Waals surface area contributed by atoms with E-state index in [4.69, 9.17) is 11.6 Å². The van der Waals surface area contributed by atoms with Gasteiger partial charge in [0.1, 0.15) is 0 Å². The monoisotopic (exact) mass is 362 g/mol. The second-order valence-electron chi connectivity index (χ2n) is 5.94. The summed E-state index contributed by atoms with van der Waals surface area (Å²) in [5, 5.41) is 0.150. The van der Waals surface area contributed by atoms with Crippen molar-refractivity contribution in [3.05, 3.63) is 70.7 Å². The summed E-state index contributed by atoms with van der Waals surface area (Å²) in [5.41, 5.74) is 6.72. The van der Waals surface area contributed by atoms with Gasteiger partial charge in [-0.05, 0) is 37.1 Å². The van der Waals surface area contributed by atoms with Gasteiger partial charge in [0.2, 0.25) is 10.0 Å². The third-order valence-electron chi connectivity index (χ3n) is 4.00. The number of benzene rings is 2. The lowest BCUT2D eigenvalue weighted by Crippen LogP contribution is -2.41. The van der Waals surface area contributed by atoms with Crippen LogP contribution in [0.1, 0.15) is 25.0 Å². The summed E-state index contributed by atoms with van der Waals surface area (Å²) in [7, 11) is -3.41. The first-order valence-corrected chi connectivity index (χ1v) is 9.60. The minimum Gasteiger partial charge on any atom is -0.304 e. The Hall–Kier alpha value is -1.82. The number of hydrogen-bond acceptors (Lipinski definition) is 3. The zero-order chi connectivity index (χ0) is 17.3. The molecule has 0 radical (unpaired) electrons. The summed E-state index contributed by atoms with van der Waals surface area (Å²) < 4.78 is 26.4. The molecule has 6 heteroatoms. The summed E-state index contributed by atoms with van der Waals surface area (Å²) in [4.78, 5) is 0. The van der Waals surface area contributed by atoms with Crippen molar-refractivity contribution in [3.63, 3.8) is 0 Å². The topological polar surface area (TPSA) is 49.4 Å². The zero-order valence-electron chi connectivity index (χ0n) is 13.5. The van der Waals surface area contributed by atoms with Crippen LogP contribution in [-0.4, -0.2) is 24.6 Å². The van der Waals surface area contributed by atoms with Crippen molar-refractivity contribution in [1.29, 1.82) is 0 Å². The molecule has 24 heavy (non-hydrogen) atoms. The fraction of sp³-hybridized carbons (Fsp3) is 0.222. The molecule has 0 unspecified atom stereocenters. The first-order chi connectivity index (χ1) is 11.4. The highest BCUT2D eigenvalue weighted by molar-refractivity contribution is 7.89. The molecular formula is C18H19ClN2O2S. The first-order valence-electron chi connectivity index (χ1n) is 7.72. The molecule has 1 aliphatic rings. The van der Waals surface area contributed by atoms with E-state index in [1.807, 2.05) is 42.5 Å². The molecule has 1 aliphatic heterocycles. The molecule has 126 valence electrons. The maximum absolute atomic E-state index is 12.6. The van der Waals surface area contributed by atoms with E-state index in [-0.39, 0.29) is 0 Å². The van der Waals surface area contributed by atoms with E-state index in [0.29, 0.717) is 11.6 Å². The van der Waals surface area contributed by atoms with Gasteiger partial charge in [0, 0.05) is 10.6 Å². The molecule has 0 aromatic heterocycles. The van der Waals surface area contributed by atoms with Crippen LogP contribution in [0.2, 0.25) is 5.02 Å². The predicted octanol–water partition coefficient (Wildman–Crippen LogP) is 3.77. The minimum atomic E-state index is -3.41. The average molecular weight is 363 g/mol. The van der Waals surface area contributed by atoms with E-state index in [1.54, 1.807) is 26.0 Å². The normalized spacial score (nSPS) is 15.8. The molecule has 3 rings (SSSR count). The molecule has 2 aromatic carbocycles. The standard InChI is InChI=1S/C18H19ClN2O2S/c1-13(2)24(22,23)21-12-17(14-6-4-3-5-7-14)18(20-21)15-8-10-16(19)11-9-15/h3-11,13,20H,12H2,1-2H3. The van der Waals surface area contributed by atoms with Crippen LogP contribution in [-0.2, 0) is 10.0 Å². The van der Waals surface area contributed by atoms with E-state index >= 15 is 0 Å². The number of hydrazine groups is 1. The average Bonchev–Trinajstić information content (AvgIpc) is 3.02. The van der Waals surface area contributed by atoms with Crippen LogP contribution in [0.3, 0.4) is 0 Å². The van der Waals surface area contributed by atoms with Gasteiger partial charge in [0.15, 0.2) is 0 Å². The van der Waals surface area contributed by atoms with Crippen LogP contribution in [0.5, 0.6) is 0 Å². The lowest BCUT2D eigenvalue weighted by atomic mass is 10.0. The Morgan fingerprint density at radius 3 is 2.21 bits per heavy atom. The quantitative estimate of drug-likeness (QED) is 0.900. The molecule has 0 saturated carbocycles. The van der Waals surface area contributed by atoms with Gasteiger partial charge in [-0.3, -0.25) is 0 Å². The van der Waals surface area contributed by atoms with Crippen molar-refractivity contribution >= 4 is 32.9 Å². The molecule has 0 amide bonds. The second-order valence-corrected chi connectivity index (χ2v) is 8.79. The Balaban J connectivity index is 2.06. The SMILES string of the molecule is CC(C)S(=O)(=O)N1CC(c2ccccc2)=C(c2ccc(Cl)cc2)N1. The van der Waals surface area contributed by atoms with Gasteiger partial charge in [-0.25, -0.2) is 8.42 Å². The molecule has 0 bridgehead atoms. The van der Waals surface area contributed by atoms with Crippen molar-refractivity contribution in [2.75, 3.05) is 6.54 Å². The number of hydrogen-bond donors (Lipinski definition) is 1. The number of nitrogens with one attached hydrogen (secondary N) is 1. The van der Waals surface area contributed by atoms with Crippen molar-refractivity contribution < 1.29 is 8.42 Å². The number of sulfonamides is 1. The minimum absolute atomic E-state index is 0.294. The fourth-order valence-electron chi connectivity index (χ4n) is 2.59. The van der Waals surface area contributed by atoms with Crippen molar-refractivity contribution in [3.8, 4) is 0 Å². The molecular weight excluding hydrogens is 344 g/mol. The molecule has 0 fully saturated rings. The van der Waals surface area contributed by atoms with Crippen molar-refractivity contribution in [1.82, 2.24) is 9.84 Å². The van der Waals surface area contributed by atoms with Crippen LogP contribution in [0.4, 0.5) is 0 Å². The lowest BCUT2D eigenvalue weighted by Gasteiger charge is -2.20. The van der Waals surface area contributed by atoms with Gasteiger partial charge in [-0.1, -0.05) is 54.1 Å². The molecule has 4 nitrogen and oxygen atoms in total. The molecule has 0 spiro atoms. The Kier molecular flexibility index (Phi) is 4.67. The van der Waals surface area contributed by atoms with Gasteiger partial charge in [0.25, 0.3) is 0 Å².